The molecule has 1 N–H and O–H groups in total. The first-order valence-electron chi connectivity index (χ1n) is 9.76. The number of rotatable bonds is 3. The Bertz CT molecular complexity index is 1000. The zero-order valence-corrected chi connectivity index (χ0v) is 18.7. The van der Waals surface area contributed by atoms with Gasteiger partial charge in [-0.1, -0.05) is 23.2 Å². The topological polar surface area (TPSA) is 46.4 Å². The van der Waals surface area contributed by atoms with Gasteiger partial charge in [0.15, 0.2) is 5.69 Å². The lowest BCUT2D eigenvalue weighted by atomic mass is 9.83. The van der Waals surface area contributed by atoms with Crippen LogP contribution in [-0.4, -0.2) is 26.8 Å². The van der Waals surface area contributed by atoms with E-state index in [1.807, 2.05) is 0 Å². The number of hydrogen-bond donors (Lipinski definition) is 1. The largest absolute Gasteiger partial charge is 0.435 e. The van der Waals surface area contributed by atoms with E-state index < -0.39 is 29.2 Å². The Morgan fingerprint density at radius 3 is 2.32 bits per heavy atom. The summed E-state index contributed by atoms with van der Waals surface area (Å²) in [7, 11) is 0. The first-order valence-corrected chi connectivity index (χ1v) is 10.5. The molecule has 3 rings (SSSR count). The van der Waals surface area contributed by atoms with Gasteiger partial charge in [-0.15, -0.1) is 0 Å². The number of halogens is 7. The first-order chi connectivity index (χ1) is 14.1. The predicted molar refractivity (Wildman–Crippen MR) is 108 cm³/mol. The van der Waals surface area contributed by atoms with E-state index in [0.29, 0.717) is 0 Å². The van der Waals surface area contributed by atoms with Gasteiger partial charge in [-0.25, -0.2) is 13.8 Å². The number of pyridine rings is 1. The molecule has 0 spiro atoms. The van der Waals surface area contributed by atoms with Crippen molar-refractivity contribution >= 4 is 34.8 Å². The van der Waals surface area contributed by atoms with Crippen LogP contribution in [0.3, 0.4) is 0 Å². The Morgan fingerprint density at radius 1 is 1.23 bits per heavy atom. The van der Waals surface area contributed by atoms with Crippen molar-refractivity contribution in [2.75, 3.05) is 0 Å². The van der Waals surface area contributed by atoms with Gasteiger partial charge in [0, 0.05) is 18.4 Å². The lowest BCUT2D eigenvalue weighted by Gasteiger charge is -2.28. The third kappa shape index (κ3) is 5.25. The summed E-state index contributed by atoms with van der Waals surface area (Å²) < 4.78 is 69.2. The molecule has 0 bridgehead atoms. The molecular weight excluding hydrogens is 464 g/mol. The first kappa shape index (κ1) is 24.0. The molecule has 1 saturated carbocycles. The molecule has 11 heteroatoms. The molecule has 2 aromatic rings. The van der Waals surface area contributed by atoms with E-state index >= 15 is 0 Å². The molecule has 0 atom stereocenters. The highest BCUT2D eigenvalue weighted by Gasteiger charge is 2.41. The summed E-state index contributed by atoms with van der Waals surface area (Å²) in [6.45, 7) is 5.21. The Labute approximate surface area is 186 Å². The maximum absolute atomic E-state index is 13.7. The zero-order chi connectivity index (χ0) is 23.4. The normalized spacial score (nSPS) is 17.9. The van der Waals surface area contributed by atoms with Crippen molar-refractivity contribution in [3.05, 3.63) is 33.2 Å². The van der Waals surface area contributed by atoms with Crippen molar-refractivity contribution in [2.45, 2.75) is 70.5 Å². The highest BCUT2D eigenvalue weighted by molar-refractivity contribution is 6.43. The van der Waals surface area contributed by atoms with Crippen LogP contribution in [0.4, 0.5) is 22.0 Å². The van der Waals surface area contributed by atoms with E-state index in [1.54, 1.807) is 20.8 Å². The molecule has 1 aliphatic rings. The minimum Gasteiger partial charge on any atom is -0.347 e. The van der Waals surface area contributed by atoms with Gasteiger partial charge in [0.2, 0.25) is 5.92 Å². The SMILES string of the molecule is CC(C)(C)NC(=O)c1cc2nc(C(F)(F)F)c(CC3CCC(F)(F)CC3)n2c(Cl)c1Cl. The van der Waals surface area contributed by atoms with Gasteiger partial charge >= 0.3 is 6.18 Å². The second-order valence-corrected chi connectivity index (χ2v) is 9.70. The maximum atomic E-state index is 13.7. The van der Waals surface area contributed by atoms with Gasteiger partial charge in [-0.2, -0.15) is 13.2 Å². The number of alkyl halides is 5. The molecule has 0 aromatic carbocycles. The number of amides is 1. The van der Waals surface area contributed by atoms with Gasteiger partial charge in [0.05, 0.1) is 16.3 Å². The number of fused-ring (bicyclic) bond motifs is 1. The number of nitrogens with zero attached hydrogens (tertiary/aromatic N) is 2. The van der Waals surface area contributed by atoms with E-state index in [1.165, 1.54) is 0 Å². The van der Waals surface area contributed by atoms with E-state index in [-0.39, 0.29) is 65.1 Å². The number of nitrogens with one attached hydrogen (secondary N) is 1. The van der Waals surface area contributed by atoms with Crippen LogP contribution in [0.25, 0.3) is 5.65 Å². The molecule has 2 heterocycles. The fourth-order valence-electron chi connectivity index (χ4n) is 3.76. The van der Waals surface area contributed by atoms with Crippen molar-refractivity contribution in [1.29, 1.82) is 0 Å². The van der Waals surface area contributed by atoms with Gasteiger partial charge in [0.25, 0.3) is 5.91 Å². The number of carbonyl (C=O) groups is 1. The Morgan fingerprint density at radius 2 is 1.81 bits per heavy atom. The van der Waals surface area contributed by atoms with Gasteiger partial charge in [-0.3, -0.25) is 9.20 Å². The molecule has 0 radical (unpaired) electrons. The minimum atomic E-state index is -4.79. The highest BCUT2D eigenvalue weighted by atomic mass is 35.5. The van der Waals surface area contributed by atoms with Crippen molar-refractivity contribution < 1.29 is 26.7 Å². The zero-order valence-electron chi connectivity index (χ0n) is 17.1. The second-order valence-electron chi connectivity index (χ2n) is 8.97. The fraction of sp³-hybridized carbons (Fsp3) is 0.600. The predicted octanol–water partition coefficient (Wildman–Crippen LogP) is 6.56. The second kappa shape index (κ2) is 8.06. The van der Waals surface area contributed by atoms with Crippen molar-refractivity contribution in [1.82, 2.24) is 14.7 Å². The van der Waals surface area contributed by atoms with E-state index in [2.05, 4.69) is 10.3 Å². The van der Waals surface area contributed by atoms with E-state index in [9.17, 15) is 26.7 Å². The molecule has 1 aliphatic carbocycles. The highest BCUT2D eigenvalue weighted by Crippen LogP contribution is 2.41. The van der Waals surface area contributed by atoms with Crippen molar-refractivity contribution in [3.63, 3.8) is 0 Å². The Kier molecular flexibility index (Phi) is 6.25. The van der Waals surface area contributed by atoms with Crippen LogP contribution in [-0.2, 0) is 12.6 Å². The fourth-order valence-corrected chi connectivity index (χ4v) is 4.27. The van der Waals surface area contributed by atoms with Gasteiger partial charge in [0.1, 0.15) is 10.8 Å². The van der Waals surface area contributed by atoms with Crippen LogP contribution in [0.15, 0.2) is 6.07 Å². The molecule has 2 aromatic heterocycles. The standard InChI is InChI=1S/C20H22Cl2F5N3O/c1-18(2,3)29-17(31)11-9-13-28-15(20(25,26)27)12(30(13)16(22)14(11)21)8-10-4-6-19(23,24)7-5-10/h9-10H,4-8H2,1-3H3,(H,29,31). The van der Waals surface area contributed by atoms with Crippen molar-refractivity contribution in [2.24, 2.45) is 5.92 Å². The molecule has 31 heavy (non-hydrogen) atoms. The molecule has 0 aliphatic heterocycles. The average Bonchev–Trinajstić information content (AvgIpc) is 2.97. The number of hydrogen-bond acceptors (Lipinski definition) is 2. The van der Waals surface area contributed by atoms with Crippen LogP contribution in [0.5, 0.6) is 0 Å². The quantitative estimate of drug-likeness (QED) is 0.395. The molecule has 172 valence electrons. The van der Waals surface area contributed by atoms with E-state index in [0.717, 1.165) is 10.5 Å². The smallest absolute Gasteiger partial charge is 0.347 e. The van der Waals surface area contributed by atoms with Crippen LogP contribution in [0.1, 0.15) is 68.2 Å². The molecule has 1 amide bonds. The third-order valence-electron chi connectivity index (χ3n) is 5.21. The monoisotopic (exact) mass is 485 g/mol. The molecule has 0 saturated heterocycles. The Balaban J connectivity index is 2.09. The van der Waals surface area contributed by atoms with Crippen LogP contribution in [0, 0.1) is 5.92 Å². The third-order valence-corrected chi connectivity index (χ3v) is 6.04. The lowest BCUT2D eigenvalue weighted by Crippen LogP contribution is -2.40. The maximum Gasteiger partial charge on any atom is 0.435 e. The summed E-state index contributed by atoms with van der Waals surface area (Å²) in [6.07, 6.45) is -5.48. The Hall–Kier alpha value is -1.61. The number of imidazole rings is 1. The summed E-state index contributed by atoms with van der Waals surface area (Å²) in [4.78, 5) is 16.2. The molecule has 0 unspecified atom stereocenters. The number of aromatic nitrogens is 2. The van der Waals surface area contributed by atoms with Crippen LogP contribution in [0.2, 0.25) is 10.2 Å². The molecular formula is C20H22Cl2F5N3O. The molecule has 1 fully saturated rings. The molecule has 4 nitrogen and oxygen atoms in total. The van der Waals surface area contributed by atoms with Crippen molar-refractivity contribution in [3.8, 4) is 0 Å². The summed E-state index contributed by atoms with van der Waals surface area (Å²) in [5.41, 5.74) is -2.29. The average molecular weight is 486 g/mol. The minimum absolute atomic E-state index is 0.0922. The summed E-state index contributed by atoms with van der Waals surface area (Å²) >= 11 is 12.6. The van der Waals surface area contributed by atoms with Crippen LogP contribution < -0.4 is 5.32 Å². The lowest BCUT2D eigenvalue weighted by molar-refractivity contribution is -0.141. The van der Waals surface area contributed by atoms with Gasteiger partial charge in [-0.05, 0) is 52.0 Å². The number of carbonyl (C=O) groups excluding carboxylic acids is 1. The summed E-state index contributed by atoms with van der Waals surface area (Å²) in [5.74, 6) is -3.77. The van der Waals surface area contributed by atoms with Gasteiger partial charge < -0.3 is 5.32 Å². The summed E-state index contributed by atoms with van der Waals surface area (Å²) in [6, 6.07) is 1.16. The van der Waals surface area contributed by atoms with E-state index in [4.69, 9.17) is 23.2 Å². The van der Waals surface area contributed by atoms with Crippen LogP contribution >= 0.6 is 23.2 Å². The summed E-state index contributed by atoms with van der Waals surface area (Å²) in [5, 5.41) is 2.19.